The van der Waals surface area contributed by atoms with Gasteiger partial charge in [0, 0.05) is 0 Å². The summed E-state index contributed by atoms with van der Waals surface area (Å²) in [5, 5.41) is 1.37. The molecule has 9 heteroatoms. The number of nitrogens with zero attached hydrogens (tertiary/aromatic N) is 1. The summed E-state index contributed by atoms with van der Waals surface area (Å²) in [6, 6.07) is 8.93. The third-order valence-electron chi connectivity index (χ3n) is 4.17. The lowest BCUT2D eigenvalue weighted by molar-refractivity contribution is -0.127. The number of thioether (sulfide) groups is 1. The van der Waals surface area contributed by atoms with E-state index in [1.54, 1.807) is 0 Å². The Bertz CT molecular complexity index is 1020. The first-order chi connectivity index (χ1) is 13.8. The van der Waals surface area contributed by atoms with Crippen molar-refractivity contribution in [2.45, 2.75) is 13.3 Å². The van der Waals surface area contributed by atoms with Gasteiger partial charge in [-0.05, 0) is 47.5 Å². The van der Waals surface area contributed by atoms with Crippen LogP contribution in [0.1, 0.15) is 18.1 Å². The molecule has 0 unspecified atom stereocenters. The number of amides is 3. The smallest absolute Gasteiger partial charge is 0.294 e. The summed E-state index contributed by atoms with van der Waals surface area (Å²) in [4.78, 5) is 37.5. The molecule has 1 N–H and O–H groups in total. The van der Waals surface area contributed by atoms with Gasteiger partial charge in [0.1, 0.15) is 6.54 Å². The maximum Gasteiger partial charge on any atom is 0.294 e. The fourth-order valence-corrected chi connectivity index (χ4v) is 3.43. The van der Waals surface area contributed by atoms with Crippen LogP contribution < -0.4 is 5.32 Å². The van der Waals surface area contributed by atoms with E-state index in [4.69, 9.17) is 0 Å². The van der Waals surface area contributed by atoms with Crippen LogP contribution >= 0.6 is 11.8 Å². The quantitative estimate of drug-likeness (QED) is 0.577. The summed E-state index contributed by atoms with van der Waals surface area (Å²) < 4.78 is 39.9. The van der Waals surface area contributed by atoms with Crippen molar-refractivity contribution in [3.05, 3.63) is 69.9 Å². The van der Waals surface area contributed by atoms with Crippen LogP contribution in [0, 0.1) is 17.5 Å². The van der Waals surface area contributed by atoms with Crippen molar-refractivity contribution in [1.82, 2.24) is 4.90 Å². The summed E-state index contributed by atoms with van der Waals surface area (Å²) in [5.41, 5.74) is 1.25. The molecule has 5 nitrogen and oxygen atoms in total. The average molecular weight is 420 g/mol. The van der Waals surface area contributed by atoms with E-state index >= 15 is 0 Å². The second kappa shape index (κ2) is 8.52. The molecule has 29 heavy (non-hydrogen) atoms. The van der Waals surface area contributed by atoms with Gasteiger partial charge in [-0.25, -0.2) is 13.2 Å². The lowest BCUT2D eigenvalue weighted by Gasteiger charge is -2.13. The molecule has 1 saturated heterocycles. The van der Waals surface area contributed by atoms with Crippen LogP contribution in [-0.4, -0.2) is 28.5 Å². The molecule has 1 aliphatic heterocycles. The lowest BCUT2D eigenvalue weighted by atomic mass is 10.1. The van der Waals surface area contributed by atoms with Gasteiger partial charge in [0.15, 0.2) is 17.5 Å². The Kier molecular flexibility index (Phi) is 6.07. The molecular weight excluding hydrogens is 405 g/mol. The van der Waals surface area contributed by atoms with Gasteiger partial charge in [0.25, 0.3) is 11.1 Å². The van der Waals surface area contributed by atoms with Crippen LogP contribution in [0.4, 0.5) is 23.7 Å². The number of carbonyl (C=O) groups is 3. The van der Waals surface area contributed by atoms with Crippen molar-refractivity contribution in [2.75, 3.05) is 11.9 Å². The van der Waals surface area contributed by atoms with E-state index in [9.17, 15) is 27.6 Å². The topological polar surface area (TPSA) is 66.5 Å². The molecule has 0 spiro atoms. The maximum absolute atomic E-state index is 13.7. The second-order valence-electron chi connectivity index (χ2n) is 6.13. The van der Waals surface area contributed by atoms with Crippen LogP contribution in [0.15, 0.2) is 41.3 Å². The van der Waals surface area contributed by atoms with Gasteiger partial charge in [-0.15, -0.1) is 0 Å². The number of hydrogen-bond acceptors (Lipinski definition) is 4. The minimum atomic E-state index is -1.73. The number of carbonyl (C=O) groups excluding carboxylic acids is 3. The van der Waals surface area contributed by atoms with Crippen LogP contribution in [0.2, 0.25) is 0 Å². The van der Waals surface area contributed by atoms with Gasteiger partial charge in [-0.3, -0.25) is 19.3 Å². The van der Waals surface area contributed by atoms with Crippen LogP contribution in [0.3, 0.4) is 0 Å². The largest absolute Gasteiger partial charge is 0.322 e. The molecular formula is C20H15F3N2O3S. The zero-order valence-electron chi connectivity index (χ0n) is 15.2. The molecule has 0 aliphatic carbocycles. The molecule has 2 aromatic rings. The molecule has 1 heterocycles. The summed E-state index contributed by atoms with van der Waals surface area (Å²) in [6.45, 7) is 1.33. The Labute approximate surface area is 168 Å². The van der Waals surface area contributed by atoms with Crippen LogP contribution in [0.25, 0.3) is 6.08 Å². The molecule has 0 bridgehead atoms. The fraction of sp³-hybridized carbons (Fsp3) is 0.150. The number of benzene rings is 2. The molecule has 3 rings (SSSR count). The molecule has 0 atom stereocenters. The van der Waals surface area contributed by atoms with E-state index in [-0.39, 0.29) is 4.91 Å². The first kappa shape index (κ1) is 20.7. The third-order valence-corrected chi connectivity index (χ3v) is 5.08. The highest BCUT2D eigenvalue weighted by atomic mass is 32.2. The molecule has 150 valence electrons. The molecule has 0 saturated carbocycles. The van der Waals surface area contributed by atoms with E-state index < -0.39 is 46.7 Å². The number of nitrogens with one attached hydrogen (secondary N) is 1. The van der Waals surface area contributed by atoms with E-state index in [1.165, 1.54) is 6.08 Å². The SMILES string of the molecule is CCc1ccc(/C=C2\SC(=O)N(CC(=O)Nc3ccc(F)c(F)c3F)C2=O)cc1. The first-order valence-corrected chi connectivity index (χ1v) is 9.39. The zero-order valence-corrected chi connectivity index (χ0v) is 16.0. The number of halogens is 3. The molecule has 1 aliphatic rings. The minimum absolute atomic E-state index is 0.144. The van der Waals surface area contributed by atoms with Crippen molar-refractivity contribution >= 4 is 40.6 Å². The highest BCUT2D eigenvalue weighted by Crippen LogP contribution is 2.32. The first-order valence-electron chi connectivity index (χ1n) is 8.57. The lowest BCUT2D eigenvalue weighted by Crippen LogP contribution is -2.36. The van der Waals surface area contributed by atoms with Gasteiger partial charge in [0.05, 0.1) is 10.6 Å². The third kappa shape index (κ3) is 4.51. The van der Waals surface area contributed by atoms with Crippen LogP contribution in [0.5, 0.6) is 0 Å². The van der Waals surface area contributed by atoms with Gasteiger partial charge in [-0.2, -0.15) is 0 Å². The van der Waals surface area contributed by atoms with E-state index in [1.807, 2.05) is 36.5 Å². The normalized spacial score (nSPS) is 15.3. The zero-order chi connectivity index (χ0) is 21.1. The van der Waals surface area contributed by atoms with Gasteiger partial charge < -0.3 is 5.32 Å². The summed E-state index contributed by atoms with van der Waals surface area (Å²) in [6.07, 6.45) is 2.40. The Morgan fingerprint density at radius 3 is 2.41 bits per heavy atom. The number of imide groups is 1. The van der Waals surface area contributed by atoms with Crippen molar-refractivity contribution in [3.8, 4) is 0 Å². The van der Waals surface area contributed by atoms with Gasteiger partial charge >= 0.3 is 0 Å². The average Bonchev–Trinajstić information content (AvgIpc) is 2.96. The van der Waals surface area contributed by atoms with E-state index in [2.05, 4.69) is 0 Å². The van der Waals surface area contributed by atoms with Gasteiger partial charge in [0.2, 0.25) is 5.91 Å². The minimum Gasteiger partial charge on any atom is -0.322 e. The maximum atomic E-state index is 13.7. The fourth-order valence-electron chi connectivity index (χ4n) is 2.59. The van der Waals surface area contributed by atoms with E-state index in [0.717, 1.165) is 23.6 Å². The predicted molar refractivity (Wildman–Crippen MR) is 103 cm³/mol. The van der Waals surface area contributed by atoms with Gasteiger partial charge in [-0.1, -0.05) is 31.2 Å². The monoisotopic (exact) mass is 420 g/mol. The Morgan fingerprint density at radius 1 is 1.07 bits per heavy atom. The van der Waals surface area contributed by atoms with Crippen molar-refractivity contribution in [3.63, 3.8) is 0 Å². The highest BCUT2D eigenvalue weighted by molar-refractivity contribution is 8.18. The van der Waals surface area contributed by atoms with Crippen LogP contribution in [-0.2, 0) is 16.0 Å². The van der Waals surface area contributed by atoms with E-state index in [0.29, 0.717) is 22.7 Å². The van der Waals surface area contributed by atoms with Crippen molar-refractivity contribution in [1.29, 1.82) is 0 Å². The Morgan fingerprint density at radius 2 is 1.76 bits per heavy atom. The van der Waals surface area contributed by atoms with Crippen molar-refractivity contribution in [2.24, 2.45) is 0 Å². The molecule has 2 aromatic carbocycles. The summed E-state index contributed by atoms with van der Waals surface area (Å²) in [7, 11) is 0. The molecule has 3 amide bonds. The highest BCUT2D eigenvalue weighted by Gasteiger charge is 2.36. The molecule has 1 fully saturated rings. The predicted octanol–water partition coefficient (Wildman–Crippen LogP) is 4.34. The van der Waals surface area contributed by atoms with Crippen molar-refractivity contribution < 1.29 is 27.6 Å². The number of hydrogen-bond donors (Lipinski definition) is 1. The second-order valence-corrected chi connectivity index (χ2v) is 7.13. The number of anilines is 1. The number of rotatable bonds is 5. The Hall–Kier alpha value is -3.07. The molecule has 0 aromatic heterocycles. The molecule has 0 radical (unpaired) electrons. The summed E-state index contributed by atoms with van der Waals surface area (Å²) >= 11 is 0.677. The standard InChI is InChI=1S/C20H15F3N2O3S/c1-2-11-3-5-12(6-4-11)9-15-19(27)25(20(28)29-15)10-16(26)24-14-8-7-13(21)17(22)18(14)23/h3-9H,2,10H2,1H3,(H,24,26)/b15-9-. The number of aryl methyl sites for hydroxylation is 1. The summed E-state index contributed by atoms with van der Waals surface area (Å²) in [5.74, 6) is -6.29. The Balaban J connectivity index is 1.70.